The lowest BCUT2D eigenvalue weighted by Gasteiger charge is -2.38. The van der Waals surface area contributed by atoms with E-state index in [1.54, 1.807) is 17.2 Å². The third-order valence-corrected chi connectivity index (χ3v) is 10.0. The fourth-order valence-electron chi connectivity index (χ4n) is 7.00. The number of benzene rings is 2. The van der Waals surface area contributed by atoms with Crippen LogP contribution in [0.3, 0.4) is 0 Å². The number of ether oxygens (including phenoxy) is 1. The van der Waals surface area contributed by atoms with Gasteiger partial charge in [0.1, 0.15) is 11.8 Å². The Hall–Kier alpha value is -5.00. The van der Waals surface area contributed by atoms with E-state index in [4.69, 9.17) is 4.74 Å². The van der Waals surface area contributed by atoms with Crippen LogP contribution in [0.5, 0.6) is 11.8 Å². The van der Waals surface area contributed by atoms with Crippen molar-refractivity contribution < 1.29 is 24.2 Å². The molecule has 0 bridgehead atoms. The molecule has 48 heavy (non-hydrogen) atoms. The molecule has 3 fully saturated rings. The Labute approximate surface area is 278 Å². The number of pyridine rings is 1. The first-order valence-corrected chi connectivity index (χ1v) is 16.6. The highest BCUT2D eigenvalue weighted by Crippen LogP contribution is 2.40. The number of carbonyl (C=O) groups excluding carboxylic acids is 3. The topological polar surface area (TPSA) is 138 Å². The summed E-state index contributed by atoms with van der Waals surface area (Å²) in [7, 11) is 0. The van der Waals surface area contributed by atoms with E-state index in [1.165, 1.54) is 24.0 Å². The van der Waals surface area contributed by atoms with Gasteiger partial charge in [-0.05, 0) is 78.5 Å². The summed E-state index contributed by atoms with van der Waals surface area (Å²) >= 11 is 0. The lowest BCUT2D eigenvalue weighted by atomic mass is 9.83. The summed E-state index contributed by atoms with van der Waals surface area (Å²) in [6.07, 6.45) is 9.47. The number of imide groups is 1. The average Bonchev–Trinajstić information content (AvgIpc) is 3.90. The summed E-state index contributed by atoms with van der Waals surface area (Å²) in [6.45, 7) is 2.53. The highest BCUT2D eigenvalue weighted by atomic mass is 16.5. The van der Waals surface area contributed by atoms with Gasteiger partial charge in [-0.3, -0.25) is 29.6 Å². The smallest absolute Gasteiger partial charge is 0.321 e. The van der Waals surface area contributed by atoms with Gasteiger partial charge in [0.25, 0.3) is 5.91 Å². The summed E-state index contributed by atoms with van der Waals surface area (Å²) in [5.74, 6) is 0.250. The second-order valence-electron chi connectivity index (χ2n) is 13.3. The number of aliphatic hydroxyl groups is 1. The van der Waals surface area contributed by atoms with Crippen LogP contribution >= 0.6 is 0 Å². The maximum atomic E-state index is 13.1. The van der Waals surface area contributed by atoms with Crippen LogP contribution in [0.15, 0.2) is 73.2 Å². The van der Waals surface area contributed by atoms with Gasteiger partial charge >= 0.3 is 6.01 Å². The van der Waals surface area contributed by atoms with E-state index in [-0.39, 0.29) is 18.2 Å². The van der Waals surface area contributed by atoms with Crippen molar-refractivity contribution >= 4 is 17.7 Å². The van der Waals surface area contributed by atoms with Crippen LogP contribution in [0, 0.1) is 0 Å². The number of hydrogen-bond donors (Lipinski definition) is 2. The zero-order valence-corrected chi connectivity index (χ0v) is 26.5. The van der Waals surface area contributed by atoms with E-state index in [9.17, 15) is 19.5 Å². The van der Waals surface area contributed by atoms with Crippen molar-refractivity contribution in [3.8, 4) is 23.0 Å². The van der Waals surface area contributed by atoms with Gasteiger partial charge in [-0.15, -0.1) is 0 Å². The Morgan fingerprint density at radius 1 is 0.896 bits per heavy atom. The van der Waals surface area contributed by atoms with Crippen molar-refractivity contribution in [2.75, 3.05) is 13.1 Å². The molecule has 2 aromatic heterocycles. The SMILES string of the molecule is O=C1CCC(N2Cc3cc(C4(O)CCN(Cc5ccc(-c6ccc(Oc7ncc(C8CC8)cn7)cn6)cc5)CC4)ccc3C2=O)C(=O)N1. The minimum atomic E-state index is -0.992. The molecule has 1 unspecified atom stereocenters. The van der Waals surface area contributed by atoms with Crippen molar-refractivity contribution in [1.82, 2.24) is 30.1 Å². The van der Waals surface area contributed by atoms with Gasteiger partial charge in [-0.2, -0.15) is 0 Å². The number of likely N-dealkylation sites (tertiary alicyclic amines) is 1. The highest BCUT2D eigenvalue weighted by Gasteiger charge is 2.41. The largest absolute Gasteiger partial charge is 0.423 e. The van der Waals surface area contributed by atoms with E-state index >= 15 is 0 Å². The molecule has 4 aliphatic rings. The normalized spacial score (nSPS) is 20.8. The fraction of sp³-hybridized carbons (Fsp3) is 0.351. The standard InChI is InChI=1S/C37H36N6O5/c44-33-12-11-32(34(45)41-33)43-22-26-17-28(7-9-30(26)35(43)46)37(47)13-15-42(16-14-37)21-23-1-3-25(4-2-23)31-10-8-29(20-38-31)48-36-39-18-27(19-40-36)24-5-6-24/h1-4,7-10,17-20,24,32,47H,5-6,11-16,21-22H2,(H,41,44,45). The van der Waals surface area contributed by atoms with Crippen molar-refractivity contribution in [2.24, 2.45) is 0 Å². The second kappa shape index (κ2) is 12.2. The number of rotatable bonds is 8. The minimum absolute atomic E-state index is 0.208. The Bertz CT molecular complexity index is 1870. The first kappa shape index (κ1) is 30.3. The molecular formula is C37H36N6O5. The monoisotopic (exact) mass is 644 g/mol. The number of carbonyl (C=O) groups is 3. The van der Waals surface area contributed by atoms with Gasteiger partial charge in [0.15, 0.2) is 0 Å². The molecule has 2 aromatic carbocycles. The van der Waals surface area contributed by atoms with Crippen LogP contribution in [0.25, 0.3) is 11.3 Å². The predicted octanol–water partition coefficient (Wildman–Crippen LogP) is 4.45. The molecule has 1 aliphatic carbocycles. The van der Waals surface area contributed by atoms with Gasteiger partial charge in [0, 0.05) is 56.1 Å². The molecule has 11 heteroatoms. The summed E-state index contributed by atoms with van der Waals surface area (Å²) in [5.41, 5.74) is 5.37. The maximum Gasteiger partial charge on any atom is 0.321 e. The van der Waals surface area contributed by atoms with Gasteiger partial charge in [0.05, 0.1) is 17.5 Å². The summed E-state index contributed by atoms with van der Waals surface area (Å²) in [4.78, 5) is 54.2. The van der Waals surface area contributed by atoms with Gasteiger partial charge in [0.2, 0.25) is 11.8 Å². The molecule has 1 saturated carbocycles. The lowest BCUT2D eigenvalue weighted by Crippen LogP contribution is -2.52. The number of fused-ring (bicyclic) bond motifs is 1. The van der Waals surface area contributed by atoms with Crippen LogP contribution in [0.1, 0.15) is 77.1 Å². The van der Waals surface area contributed by atoms with Crippen molar-refractivity contribution in [2.45, 2.75) is 69.2 Å². The van der Waals surface area contributed by atoms with E-state index in [0.717, 1.165) is 42.0 Å². The fourth-order valence-corrected chi connectivity index (χ4v) is 7.00. The lowest BCUT2D eigenvalue weighted by molar-refractivity contribution is -0.136. The number of nitrogens with zero attached hydrogens (tertiary/aromatic N) is 5. The first-order valence-electron chi connectivity index (χ1n) is 16.6. The Kier molecular flexibility index (Phi) is 7.73. The average molecular weight is 645 g/mol. The Balaban J connectivity index is 0.851. The van der Waals surface area contributed by atoms with Gasteiger partial charge in [-0.1, -0.05) is 36.4 Å². The second-order valence-corrected chi connectivity index (χ2v) is 13.3. The third kappa shape index (κ3) is 6.07. The number of piperidine rings is 2. The molecular weight excluding hydrogens is 608 g/mol. The number of nitrogens with one attached hydrogen (secondary N) is 1. The molecule has 0 radical (unpaired) electrons. The molecule has 0 spiro atoms. The van der Waals surface area contributed by atoms with Crippen molar-refractivity contribution in [1.29, 1.82) is 0 Å². The van der Waals surface area contributed by atoms with Gasteiger partial charge < -0.3 is 14.7 Å². The number of hydrogen-bond acceptors (Lipinski definition) is 9. The van der Waals surface area contributed by atoms with Gasteiger partial charge in [-0.25, -0.2) is 9.97 Å². The van der Waals surface area contributed by atoms with Crippen LogP contribution in [0.4, 0.5) is 0 Å². The first-order chi connectivity index (χ1) is 23.3. The van der Waals surface area contributed by atoms with E-state index < -0.39 is 17.6 Å². The van der Waals surface area contributed by atoms with Crippen LogP contribution in [-0.2, 0) is 28.3 Å². The summed E-state index contributed by atoms with van der Waals surface area (Å²) < 4.78 is 5.78. The molecule has 11 nitrogen and oxygen atoms in total. The van der Waals surface area contributed by atoms with Crippen molar-refractivity contribution in [3.05, 3.63) is 101 Å². The molecule has 1 atom stereocenters. The molecule has 244 valence electrons. The van der Waals surface area contributed by atoms with E-state index in [0.29, 0.717) is 49.0 Å². The Morgan fingerprint density at radius 3 is 2.35 bits per heavy atom. The highest BCUT2D eigenvalue weighted by molar-refractivity contribution is 6.05. The molecule has 2 saturated heterocycles. The summed E-state index contributed by atoms with van der Waals surface area (Å²) in [6, 6.07) is 17.4. The zero-order valence-electron chi connectivity index (χ0n) is 26.5. The molecule has 8 rings (SSSR count). The summed E-state index contributed by atoms with van der Waals surface area (Å²) in [5, 5.41) is 14.0. The van der Waals surface area contributed by atoms with E-state index in [1.807, 2.05) is 36.7 Å². The van der Waals surface area contributed by atoms with Crippen LogP contribution < -0.4 is 10.1 Å². The van der Waals surface area contributed by atoms with Crippen LogP contribution in [-0.4, -0.2) is 66.7 Å². The molecule has 2 N–H and O–H groups in total. The maximum absolute atomic E-state index is 13.1. The molecule has 5 heterocycles. The van der Waals surface area contributed by atoms with Crippen LogP contribution in [0.2, 0.25) is 0 Å². The number of aromatic nitrogens is 3. The minimum Gasteiger partial charge on any atom is -0.423 e. The third-order valence-electron chi connectivity index (χ3n) is 10.0. The molecule has 3 amide bonds. The number of amides is 3. The molecule has 4 aromatic rings. The van der Waals surface area contributed by atoms with Crippen molar-refractivity contribution in [3.63, 3.8) is 0 Å². The van der Waals surface area contributed by atoms with E-state index in [2.05, 4.69) is 49.4 Å². The zero-order chi connectivity index (χ0) is 32.8. The predicted molar refractivity (Wildman–Crippen MR) is 175 cm³/mol. The quantitative estimate of drug-likeness (QED) is 0.267. The Morgan fingerprint density at radius 2 is 1.67 bits per heavy atom. The molecule has 3 aliphatic heterocycles.